The van der Waals surface area contributed by atoms with Gasteiger partial charge in [-0.15, -0.1) is 0 Å². The Balaban J connectivity index is 2.18. The Morgan fingerprint density at radius 2 is 1.11 bits per heavy atom. The molecule has 5 aromatic carbocycles. The molecule has 36 heavy (non-hydrogen) atoms. The van der Waals surface area contributed by atoms with Gasteiger partial charge in [0.2, 0.25) is 5.91 Å². The van der Waals surface area contributed by atoms with Crippen LogP contribution in [0.25, 0.3) is 43.1 Å². The van der Waals surface area contributed by atoms with E-state index in [1.807, 2.05) is 6.92 Å². The third-order valence-corrected chi connectivity index (χ3v) is 6.84. The van der Waals surface area contributed by atoms with E-state index in [1.165, 1.54) is 18.2 Å². The lowest BCUT2D eigenvalue weighted by Gasteiger charge is -2.21. The number of aromatic carboxylic acids is 3. The van der Waals surface area contributed by atoms with E-state index >= 15 is 0 Å². The molecular formula is C28H21NO7. The van der Waals surface area contributed by atoms with Crippen molar-refractivity contribution in [2.24, 2.45) is 5.73 Å². The highest BCUT2D eigenvalue weighted by molar-refractivity contribution is 6.38. The van der Waals surface area contributed by atoms with Gasteiger partial charge < -0.3 is 21.1 Å². The zero-order chi connectivity index (χ0) is 25.9. The van der Waals surface area contributed by atoms with Crippen molar-refractivity contribution in [3.63, 3.8) is 0 Å². The summed E-state index contributed by atoms with van der Waals surface area (Å²) in [4.78, 5) is 48.9. The van der Waals surface area contributed by atoms with E-state index in [2.05, 4.69) is 0 Å². The number of amides is 1. The minimum absolute atomic E-state index is 0.0742. The van der Waals surface area contributed by atoms with Crippen LogP contribution in [0.5, 0.6) is 0 Å². The van der Waals surface area contributed by atoms with Crippen molar-refractivity contribution in [1.29, 1.82) is 0 Å². The first-order valence-corrected chi connectivity index (χ1v) is 11.4. The van der Waals surface area contributed by atoms with E-state index in [0.29, 0.717) is 38.7 Å². The number of unbranched alkanes of at least 4 members (excludes halogenated alkanes) is 1. The van der Waals surface area contributed by atoms with Gasteiger partial charge in [-0.3, -0.25) is 4.79 Å². The molecule has 0 spiro atoms. The molecule has 0 heterocycles. The van der Waals surface area contributed by atoms with Crippen molar-refractivity contribution < 1.29 is 34.5 Å². The molecule has 180 valence electrons. The van der Waals surface area contributed by atoms with Crippen molar-refractivity contribution in [1.82, 2.24) is 0 Å². The lowest BCUT2D eigenvalue weighted by molar-refractivity contribution is 0.0685. The average molecular weight is 483 g/mol. The van der Waals surface area contributed by atoms with Gasteiger partial charge in [0.1, 0.15) is 0 Å². The molecule has 0 aliphatic rings. The molecule has 0 saturated heterocycles. The van der Waals surface area contributed by atoms with Crippen LogP contribution in [-0.2, 0) is 6.42 Å². The van der Waals surface area contributed by atoms with E-state index in [1.54, 1.807) is 24.3 Å². The van der Waals surface area contributed by atoms with Gasteiger partial charge in [0.15, 0.2) is 0 Å². The summed E-state index contributed by atoms with van der Waals surface area (Å²) in [6.45, 7) is 2.02. The van der Waals surface area contributed by atoms with Gasteiger partial charge in [-0.05, 0) is 75.0 Å². The Hall–Kier alpha value is -4.72. The van der Waals surface area contributed by atoms with E-state index in [-0.39, 0.29) is 33.0 Å². The molecule has 0 unspecified atom stereocenters. The maximum atomic E-state index is 12.5. The minimum atomic E-state index is -1.26. The molecule has 5 aromatic rings. The number of aryl methyl sites for hydroxylation is 1. The van der Waals surface area contributed by atoms with Crippen LogP contribution in [0.3, 0.4) is 0 Å². The second-order valence-corrected chi connectivity index (χ2v) is 8.82. The number of fused-ring (bicyclic) bond motifs is 2. The molecule has 0 radical (unpaired) electrons. The molecule has 0 atom stereocenters. The fourth-order valence-electron chi connectivity index (χ4n) is 5.37. The Morgan fingerprint density at radius 1 is 0.639 bits per heavy atom. The van der Waals surface area contributed by atoms with E-state index in [9.17, 15) is 34.5 Å². The van der Waals surface area contributed by atoms with Crippen LogP contribution in [0.2, 0.25) is 0 Å². The van der Waals surface area contributed by atoms with Crippen LogP contribution in [0, 0.1) is 0 Å². The summed E-state index contributed by atoms with van der Waals surface area (Å²) in [7, 11) is 0. The van der Waals surface area contributed by atoms with E-state index in [4.69, 9.17) is 5.73 Å². The van der Waals surface area contributed by atoms with Gasteiger partial charge >= 0.3 is 17.9 Å². The van der Waals surface area contributed by atoms with Crippen molar-refractivity contribution in [3.05, 3.63) is 70.3 Å². The molecule has 8 nitrogen and oxygen atoms in total. The first kappa shape index (κ1) is 23.0. The lowest BCUT2D eigenvalue weighted by atomic mass is 9.82. The molecule has 0 fully saturated rings. The molecular weight excluding hydrogens is 462 g/mol. The summed E-state index contributed by atoms with van der Waals surface area (Å²) in [5.41, 5.74) is 6.23. The maximum absolute atomic E-state index is 12.5. The minimum Gasteiger partial charge on any atom is -0.478 e. The number of carboxylic acids is 3. The molecule has 8 heteroatoms. The molecule has 5 N–H and O–H groups in total. The van der Waals surface area contributed by atoms with Gasteiger partial charge in [0.25, 0.3) is 0 Å². The van der Waals surface area contributed by atoms with Crippen LogP contribution < -0.4 is 5.73 Å². The second kappa shape index (κ2) is 8.20. The van der Waals surface area contributed by atoms with Crippen LogP contribution in [0.1, 0.15) is 66.8 Å². The SMILES string of the molecule is CCCCc1cc(C(N)=O)c2c(C(=O)O)ccc3c4ccc(C(=O)O)c5c(C(=O)O)ccc(c1c23)c54. The standard InChI is InChI=1S/C28H21NO7/c1-2-3-4-12-11-19(25(29)30)23-18(28(35)36)9-6-14-13-5-8-16(26(31)32)22-17(27(33)34)10-7-15(21(13)22)20(12)24(14)23/h5-11H,2-4H2,1H3,(H2,29,30)(H,31,32)(H,33,34)(H,35,36). The number of carbonyl (C=O) groups excluding carboxylic acids is 1. The Morgan fingerprint density at radius 3 is 1.58 bits per heavy atom. The molecule has 0 aromatic heterocycles. The van der Waals surface area contributed by atoms with Gasteiger partial charge in [-0.1, -0.05) is 31.5 Å². The Bertz CT molecular complexity index is 1760. The van der Waals surface area contributed by atoms with Crippen LogP contribution in [-0.4, -0.2) is 39.1 Å². The summed E-state index contributed by atoms with van der Waals surface area (Å²) in [5.74, 6) is -4.48. The number of rotatable bonds is 7. The third-order valence-electron chi connectivity index (χ3n) is 6.84. The van der Waals surface area contributed by atoms with Crippen LogP contribution in [0.15, 0.2) is 42.5 Å². The third kappa shape index (κ3) is 3.15. The molecule has 0 aliphatic heterocycles. The van der Waals surface area contributed by atoms with Crippen molar-refractivity contribution in [2.45, 2.75) is 26.2 Å². The molecule has 1 amide bonds. The first-order chi connectivity index (χ1) is 17.2. The van der Waals surface area contributed by atoms with E-state index < -0.39 is 23.8 Å². The van der Waals surface area contributed by atoms with Crippen molar-refractivity contribution in [3.8, 4) is 0 Å². The summed E-state index contributed by atoms with van der Waals surface area (Å²) in [6.07, 6.45) is 2.20. The number of hydrogen-bond donors (Lipinski definition) is 4. The average Bonchev–Trinajstić information content (AvgIpc) is 2.84. The van der Waals surface area contributed by atoms with Gasteiger partial charge in [0.05, 0.1) is 16.7 Å². The summed E-state index contributed by atoms with van der Waals surface area (Å²) >= 11 is 0. The number of nitrogens with two attached hydrogens (primary N) is 1. The smallest absolute Gasteiger partial charge is 0.336 e. The van der Waals surface area contributed by atoms with Gasteiger partial charge in [-0.2, -0.15) is 0 Å². The zero-order valence-electron chi connectivity index (χ0n) is 19.2. The summed E-state index contributed by atoms with van der Waals surface area (Å²) in [5, 5.41) is 33.4. The first-order valence-electron chi connectivity index (χ1n) is 11.4. The number of benzene rings is 5. The quantitative estimate of drug-likeness (QED) is 0.181. The topological polar surface area (TPSA) is 155 Å². The maximum Gasteiger partial charge on any atom is 0.336 e. The monoisotopic (exact) mass is 483 g/mol. The Labute approximate surface area is 203 Å². The molecule has 0 saturated carbocycles. The number of carboxylic acid groups (broad SMARTS) is 3. The summed E-state index contributed by atoms with van der Waals surface area (Å²) < 4.78 is 0. The highest BCUT2D eigenvalue weighted by Gasteiger charge is 2.26. The highest BCUT2D eigenvalue weighted by Crippen LogP contribution is 2.45. The molecule has 5 rings (SSSR count). The van der Waals surface area contributed by atoms with Crippen LogP contribution >= 0.6 is 0 Å². The zero-order valence-corrected chi connectivity index (χ0v) is 19.2. The molecule has 0 aliphatic carbocycles. The lowest BCUT2D eigenvalue weighted by Crippen LogP contribution is -2.14. The number of carbonyl (C=O) groups is 4. The van der Waals surface area contributed by atoms with Crippen molar-refractivity contribution in [2.75, 3.05) is 0 Å². The van der Waals surface area contributed by atoms with Gasteiger partial charge in [-0.25, -0.2) is 14.4 Å². The van der Waals surface area contributed by atoms with E-state index in [0.717, 1.165) is 18.4 Å². The predicted octanol–water partition coefficient (Wildman–Crippen LogP) is 5.27. The fourth-order valence-corrected chi connectivity index (χ4v) is 5.37. The Kier molecular flexibility index (Phi) is 5.25. The second-order valence-electron chi connectivity index (χ2n) is 8.82. The van der Waals surface area contributed by atoms with Crippen molar-refractivity contribution >= 4 is 66.9 Å². The largest absolute Gasteiger partial charge is 0.478 e. The highest BCUT2D eigenvalue weighted by atomic mass is 16.4. The van der Waals surface area contributed by atoms with Gasteiger partial charge in [0, 0.05) is 16.3 Å². The van der Waals surface area contributed by atoms with Crippen LogP contribution in [0.4, 0.5) is 0 Å². The predicted molar refractivity (Wildman–Crippen MR) is 136 cm³/mol. The fraction of sp³-hybridized carbons (Fsp3) is 0.143. The normalized spacial score (nSPS) is 11.6. The number of hydrogen-bond acceptors (Lipinski definition) is 4. The number of primary amides is 1. The summed E-state index contributed by atoms with van der Waals surface area (Å²) in [6, 6.07) is 10.6. The molecule has 0 bridgehead atoms.